The van der Waals surface area contributed by atoms with Crippen molar-refractivity contribution in [2.24, 2.45) is 4.99 Å². The van der Waals surface area contributed by atoms with Gasteiger partial charge in [-0.25, -0.2) is 0 Å². The number of hydrogen-bond donors (Lipinski definition) is 1. The lowest BCUT2D eigenvalue weighted by Crippen LogP contribution is -1.84. The fourth-order valence-corrected chi connectivity index (χ4v) is 1.63. The molecule has 0 amide bonds. The Morgan fingerprint density at radius 1 is 1.17 bits per heavy atom. The highest BCUT2D eigenvalue weighted by Crippen LogP contribution is 2.30. The molecule has 0 atom stereocenters. The number of halogens is 1. The van der Waals surface area contributed by atoms with Gasteiger partial charge < -0.3 is 9.84 Å². The van der Waals surface area contributed by atoms with Crippen LogP contribution in [0.25, 0.3) is 0 Å². The van der Waals surface area contributed by atoms with E-state index in [1.54, 1.807) is 55.8 Å². The average molecular weight is 262 g/mol. The predicted octanol–water partition coefficient (Wildman–Crippen LogP) is 3.80. The number of methoxy groups -OCH3 is 1. The van der Waals surface area contributed by atoms with Crippen LogP contribution < -0.4 is 4.74 Å². The number of benzene rings is 2. The summed E-state index contributed by atoms with van der Waals surface area (Å²) in [7, 11) is 1.59. The molecule has 2 aromatic carbocycles. The van der Waals surface area contributed by atoms with Gasteiger partial charge in [-0.15, -0.1) is 0 Å². The first-order chi connectivity index (χ1) is 8.69. The molecule has 0 radical (unpaired) electrons. The summed E-state index contributed by atoms with van der Waals surface area (Å²) >= 11 is 5.91. The van der Waals surface area contributed by atoms with E-state index in [1.807, 2.05) is 0 Å². The molecule has 0 bridgehead atoms. The average Bonchev–Trinajstić information content (AvgIpc) is 2.38. The van der Waals surface area contributed by atoms with Crippen LogP contribution in [-0.4, -0.2) is 18.4 Å². The summed E-state index contributed by atoms with van der Waals surface area (Å²) in [4.78, 5) is 4.32. The summed E-state index contributed by atoms with van der Waals surface area (Å²) < 4.78 is 5.20. The molecule has 4 heteroatoms. The van der Waals surface area contributed by atoms with Crippen LogP contribution in [0.2, 0.25) is 5.02 Å². The third kappa shape index (κ3) is 3.02. The third-order valence-electron chi connectivity index (χ3n) is 2.39. The van der Waals surface area contributed by atoms with E-state index >= 15 is 0 Å². The summed E-state index contributed by atoms with van der Waals surface area (Å²) in [5.41, 5.74) is 1.55. The van der Waals surface area contributed by atoms with Crippen molar-refractivity contribution in [2.45, 2.75) is 0 Å². The molecule has 0 aliphatic heterocycles. The van der Waals surface area contributed by atoms with Gasteiger partial charge in [0.05, 0.1) is 7.11 Å². The van der Waals surface area contributed by atoms with Crippen molar-refractivity contribution < 1.29 is 9.84 Å². The first-order valence-electron chi connectivity index (χ1n) is 5.35. The molecule has 0 aliphatic carbocycles. The van der Waals surface area contributed by atoms with Crippen LogP contribution in [0.15, 0.2) is 47.5 Å². The van der Waals surface area contributed by atoms with Crippen molar-refractivity contribution in [1.29, 1.82) is 0 Å². The normalized spacial score (nSPS) is 10.8. The quantitative estimate of drug-likeness (QED) is 0.854. The van der Waals surface area contributed by atoms with E-state index in [-0.39, 0.29) is 5.75 Å². The van der Waals surface area contributed by atoms with Gasteiger partial charge in [0.15, 0.2) is 0 Å². The molecule has 0 fully saturated rings. The molecule has 0 saturated heterocycles. The summed E-state index contributed by atoms with van der Waals surface area (Å²) in [5, 5.41) is 9.78. The molecule has 1 N–H and O–H groups in total. The summed E-state index contributed by atoms with van der Waals surface area (Å²) in [6, 6.07) is 12.0. The molecule has 0 saturated carbocycles. The molecule has 0 heterocycles. The molecule has 2 aromatic rings. The molecule has 0 spiro atoms. The maximum absolute atomic E-state index is 9.18. The van der Waals surface area contributed by atoms with Crippen LogP contribution in [0.1, 0.15) is 5.56 Å². The van der Waals surface area contributed by atoms with Gasteiger partial charge in [-0.3, -0.25) is 4.99 Å². The number of hydrogen-bond acceptors (Lipinski definition) is 3. The number of phenols is 1. The topological polar surface area (TPSA) is 41.8 Å². The number of aromatic hydroxyl groups is 1. The van der Waals surface area contributed by atoms with Crippen LogP contribution in [0.5, 0.6) is 11.5 Å². The highest BCUT2D eigenvalue weighted by atomic mass is 35.5. The van der Waals surface area contributed by atoms with Gasteiger partial charge in [0.1, 0.15) is 17.2 Å². The minimum Gasteiger partial charge on any atom is -0.508 e. The van der Waals surface area contributed by atoms with Crippen LogP contribution in [-0.2, 0) is 0 Å². The van der Waals surface area contributed by atoms with Crippen molar-refractivity contribution in [2.75, 3.05) is 7.11 Å². The molecular formula is C14H12ClNO2. The first-order valence-corrected chi connectivity index (χ1v) is 5.73. The molecule has 3 nitrogen and oxygen atoms in total. The summed E-state index contributed by atoms with van der Waals surface area (Å²) in [6.45, 7) is 0. The van der Waals surface area contributed by atoms with Crippen molar-refractivity contribution in [3.63, 3.8) is 0 Å². The third-order valence-corrected chi connectivity index (χ3v) is 2.62. The summed E-state index contributed by atoms with van der Waals surface area (Å²) in [5.74, 6) is 0.891. The molecule has 18 heavy (non-hydrogen) atoms. The second kappa shape index (κ2) is 5.56. The zero-order chi connectivity index (χ0) is 13.0. The Morgan fingerprint density at radius 3 is 2.56 bits per heavy atom. The molecule has 0 aromatic heterocycles. The Morgan fingerprint density at radius 2 is 1.89 bits per heavy atom. The van der Waals surface area contributed by atoms with Gasteiger partial charge in [-0.05, 0) is 48.0 Å². The lowest BCUT2D eigenvalue weighted by Gasteiger charge is -2.04. The SMILES string of the molecule is COc1ccc(Cl)cc1N=Cc1ccc(O)cc1. The van der Waals surface area contributed by atoms with Gasteiger partial charge >= 0.3 is 0 Å². The highest BCUT2D eigenvalue weighted by molar-refractivity contribution is 6.30. The minimum absolute atomic E-state index is 0.229. The Hall–Kier alpha value is -2.00. The Bertz CT molecular complexity index is 565. The largest absolute Gasteiger partial charge is 0.508 e. The molecule has 0 aliphatic rings. The number of aliphatic imine (C=N–C) groups is 1. The molecular weight excluding hydrogens is 250 g/mol. The Kier molecular flexibility index (Phi) is 3.85. The minimum atomic E-state index is 0.229. The van der Waals surface area contributed by atoms with E-state index in [4.69, 9.17) is 16.3 Å². The smallest absolute Gasteiger partial charge is 0.144 e. The van der Waals surface area contributed by atoms with E-state index in [1.165, 1.54) is 0 Å². The van der Waals surface area contributed by atoms with E-state index in [9.17, 15) is 5.11 Å². The second-order valence-corrected chi connectivity index (χ2v) is 4.10. The fourth-order valence-electron chi connectivity index (χ4n) is 1.47. The molecule has 0 unspecified atom stereocenters. The van der Waals surface area contributed by atoms with Gasteiger partial charge in [-0.1, -0.05) is 11.6 Å². The van der Waals surface area contributed by atoms with Crippen molar-refractivity contribution >= 4 is 23.5 Å². The number of nitrogens with zero attached hydrogens (tertiary/aromatic N) is 1. The monoisotopic (exact) mass is 261 g/mol. The zero-order valence-corrected chi connectivity index (χ0v) is 10.6. The number of ether oxygens (including phenoxy) is 1. The Balaban J connectivity index is 2.27. The zero-order valence-electron chi connectivity index (χ0n) is 9.80. The van der Waals surface area contributed by atoms with E-state index in [0.717, 1.165) is 5.56 Å². The van der Waals surface area contributed by atoms with Crippen LogP contribution in [0, 0.1) is 0 Å². The highest BCUT2D eigenvalue weighted by Gasteiger charge is 2.01. The van der Waals surface area contributed by atoms with Crippen LogP contribution in [0.3, 0.4) is 0 Å². The van der Waals surface area contributed by atoms with Gasteiger partial charge in [0.2, 0.25) is 0 Å². The van der Waals surface area contributed by atoms with Crippen LogP contribution >= 0.6 is 11.6 Å². The van der Waals surface area contributed by atoms with Gasteiger partial charge in [0.25, 0.3) is 0 Å². The van der Waals surface area contributed by atoms with Crippen molar-refractivity contribution in [3.8, 4) is 11.5 Å². The van der Waals surface area contributed by atoms with E-state index in [2.05, 4.69) is 4.99 Å². The molecule has 2 rings (SSSR count). The van der Waals surface area contributed by atoms with E-state index in [0.29, 0.717) is 16.5 Å². The molecule has 92 valence electrons. The number of rotatable bonds is 3. The lowest BCUT2D eigenvalue weighted by atomic mass is 10.2. The van der Waals surface area contributed by atoms with Gasteiger partial charge in [-0.2, -0.15) is 0 Å². The van der Waals surface area contributed by atoms with Crippen molar-refractivity contribution in [3.05, 3.63) is 53.1 Å². The maximum Gasteiger partial charge on any atom is 0.144 e. The van der Waals surface area contributed by atoms with E-state index < -0.39 is 0 Å². The maximum atomic E-state index is 9.18. The number of phenolic OH excluding ortho intramolecular Hbond substituents is 1. The van der Waals surface area contributed by atoms with Crippen LogP contribution in [0.4, 0.5) is 5.69 Å². The Labute approximate surface area is 110 Å². The second-order valence-electron chi connectivity index (χ2n) is 3.67. The van der Waals surface area contributed by atoms with Crippen molar-refractivity contribution in [1.82, 2.24) is 0 Å². The predicted molar refractivity (Wildman–Crippen MR) is 73.4 cm³/mol. The fraction of sp³-hybridized carbons (Fsp3) is 0.0714. The summed E-state index contributed by atoms with van der Waals surface area (Å²) in [6.07, 6.45) is 1.69. The first kappa shape index (κ1) is 12.5. The standard InChI is InChI=1S/C14H12ClNO2/c1-18-14-7-4-11(15)8-13(14)16-9-10-2-5-12(17)6-3-10/h2-9,17H,1H3. The van der Waals surface area contributed by atoms with Gasteiger partial charge in [0, 0.05) is 11.2 Å². The lowest BCUT2D eigenvalue weighted by molar-refractivity contribution is 0.416.